The van der Waals surface area contributed by atoms with Crippen LogP contribution in [0.1, 0.15) is 36.2 Å². The van der Waals surface area contributed by atoms with Crippen molar-refractivity contribution in [3.8, 4) is 5.75 Å². The van der Waals surface area contributed by atoms with Crippen LogP contribution in [0.3, 0.4) is 0 Å². The fourth-order valence-corrected chi connectivity index (χ4v) is 5.30. The van der Waals surface area contributed by atoms with E-state index in [1.54, 1.807) is 7.11 Å². The van der Waals surface area contributed by atoms with Crippen LogP contribution in [0.25, 0.3) is 10.9 Å². The molecule has 3 saturated heterocycles. The van der Waals surface area contributed by atoms with E-state index >= 15 is 0 Å². The highest BCUT2D eigenvalue weighted by molar-refractivity contribution is 5.98. The smallest absolute Gasteiger partial charge is 0.270 e. The number of hydrogen-bond donors (Lipinski definition) is 1. The first-order valence-corrected chi connectivity index (χ1v) is 9.88. The topological polar surface area (TPSA) is 65.6 Å². The summed E-state index contributed by atoms with van der Waals surface area (Å²) in [6.45, 7) is 2.31. The molecule has 3 aliphatic heterocycles. The molecule has 2 aromatic rings. The number of rotatable bonds is 2. The van der Waals surface area contributed by atoms with Gasteiger partial charge >= 0.3 is 0 Å². The van der Waals surface area contributed by atoms with Crippen LogP contribution in [0.2, 0.25) is 0 Å². The third-order valence-electron chi connectivity index (χ3n) is 6.53. The molecule has 27 heavy (non-hydrogen) atoms. The van der Waals surface area contributed by atoms with E-state index in [0.717, 1.165) is 55.5 Å². The Morgan fingerprint density at radius 1 is 1.22 bits per heavy atom. The number of fused-ring (bicyclic) bond motifs is 5. The number of H-pyrrole nitrogens is 1. The Balaban J connectivity index is 1.38. The van der Waals surface area contributed by atoms with Crippen molar-refractivity contribution in [2.24, 2.45) is 11.8 Å². The molecule has 1 aromatic heterocycles. The summed E-state index contributed by atoms with van der Waals surface area (Å²) in [5, 5.41) is 0.985. The molecule has 0 aliphatic carbocycles. The zero-order valence-electron chi connectivity index (χ0n) is 15.6. The van der Waals surface area contributed by atoms with Gasteiger partial charge in [-0.15, -0.1) is 0 Å². The molecule has 142 valence electrons. The Labute approximate surface area is 158 Å². The number of aromatic amines is 1. The first-order chi connectivity index (χ1) is 13.1. The zero-order valence-corrected chi connectivity index (χ0v) is 15.6. The Morgan fingerprint density at radius 3 is 2.96 bits per heavy atom. The van der Waals surface area contributed by atoms with Crippen molar-refractivity contribution in [3.63, 3.8) is 0 Å². The average Bonchev–Trinajstić information content (AvgIpc) is 3.11. The molecule has 0 saturated carbocycles. The first-order valence-electron chi connectivity index (χ1n) is 9.88. The second kappa shape index (κ2) is 6.29. The van der Waals surface area contributed by atoms with Gasteiger partial charge in [0.2, 0.25) is 5.91 Å². The van der Waals surface area contributed by atoms with Crippen LogP contribution >= 0.6 is 0 Å². The highest BCUT2D eigenvalue weighted by atomic mass is 16.5. The number of carbonyl (C=O) groups is 2. The summed E-state index contributed by atoms with van der Waals surface area (Å²) in [4.78, 5) is 32.8. The molecule has 1 N–H and O–H groups in total. The van der Waals surface area contributed by atoms with E-state index in [2.05, 4.69) is 9.88 Å². The maximum absolute atomic E-state index is 13.2. The molecule has 0 radical (unpaired) electrons. The summed E-state index contributed by atoms with van der Waals surface area (Å²) < 4.78 is 5.28. The molecule has 3 atom stereocenters. The summed E-state index contributed by atoms with van der Waals surface area (Å²) in [7, 11) is 1.64. The van der Waals surface area contributed by atoms with E-state index in [0.29, 0.717) is 35.9 Å². The Bertz CT molecular complexity index is 905. The number of benzene rings is 1. The van der Waals surface area contributed by atoms with Crippen molar-refractivity contribution in [1.82, 2.24) is 14.8 Å². The van der Waals surface area contributed by atoms with E-state index in [1.165, 1.54) is 0 Å². The third-order valence-corrected chi connectivity index (χ3v) is 6.53. The molecule has 6 nitrogen and oxygen atoms in total. The molecule has 5 rings (SSSR count). The minimum Gasteiger partial charge on any atom is -0.497 e. The van der Waals surface area contributed by atoms with E-state index < -0.39 is 0 Å². The quantitative estimate of drug-likeness (QED) is 0.887. The highest BCUT2D eigenvalue weighted by Gasteiger charge is 2.44. The predicted molar refractivity (Wildman–Crippen MR) is 102 cm³/mol. The van der Waals surface area contributed by atoms with Gasteiger partial charge < -0.3 is 19.5 Å². The lowest BCUT2D eigenvalue weighted by Gasteiger charge is -2.52. The van der Waals surface area contributed by atoms with Crippen LogP contribution in [-0.2, 0) is 4.79 Å². The number of methoxy groups -OCH3 is 1. The van der Waals surface area contributed by atoms with Crippen LogP contribution in [0, 0.1) is 11.8 Å². The van der Waals surface area contributed by atoms with Crippen LogP contribution in [-0.4, -0.2) is 59.4 Å². The summed E-state index contributed by atoms with van der Waals surface area (Å²) >= 11 is 0. The van der Waals surface area contributed by atoms with Crippen molar-refractivity contribution in [2.45, 2.75) is 31.7 Å². The number of hydrogen-bond acceptors (Lipinski definition) is 3. The summed E-state index contributed by atoms with van der Waals surface area (Å²) in [5.41, 5.74) is 1.58. The molecule has 3 unspecified atom stereocenters. The molecule has 3 fully saturated rings. The largest absolute Gasteiger partial charge is 0.497 e. The molecular weight excluding hydrogens is 342 g/mol. The van der Waals surface area contributed by atoms with Gasteiger partial charge in [-0.25, -0.2) is 0 Å². The second-order valence-corrected chi connectivity index (χ2v) is 8.21. The van der Waals surface area contributed by atoms with E-state index in [4.69, 9.17) is 4.74 Å². The van der Waals surface area contributed by atoms with Gasteiger partial charge in [-0.05, 0) is 55.4 Å². The zero-order chi connectivity index (χ0) is 18.5. The van der Waals surface area contributed by atoms with Crippen molar-refractivity contribution >= 4 is 22.7 Å². The average molecular weight is 367 g/mol. The Kier molecular flexibility index (Phi) is 3.88. The van der Waals surface area contributed by atoms with Gasteiger partial charge in [0, 0.05) is 43.0 Å². The lowest BCUT2D eigenvalue weighted by Crippen LogP contribution is -2.61. The first kappa shape index (κ1) is 16.7. The van der Waals surface area contributed by atoms with Gasteiger partial charge in [0.05, 0.1) is 7.11 Å². The Morgan fingerprint density at radius 2 is 2.11 bits per heavy atom. The van der Waals surface area contributed by atoms with Crippen molar-refractivity contribution < 1.29 is 14.3 Å². The fourth-order valence-electron chi connectivity index (χ4n) is 5.30. The lowest BCUT2D eigenvalue weighted by molar-refractivity contribution is -0.144. The minimum atomic E-state index is 0.0652. The molecule has 3 aliphatic rings. The summed E-state index contributed by atoms with van der Waals surface area (Å²) in [6, 6.07) is 8.03. The SMILES string of the molecule is COc1ccc2[nH]c(C(=O)N3CC4CC(C3)C3CCCC(=O)N3C4)cc2c1. The number of carbonyl (C=O) groups excluding carboxylic acids is 2. The number of likely N-dealkylation sites (tertiary alicyclic amines) is 1. The number of amides is 2. The maximum atomic E-state index is 13.2. The van der Waals surface area contributed by atoms with Crippen LogP contribution < -0.4 is 4.74 Å². The number of piperidine rings is 3. The predicted octanol–water partition coefficient (Wildman–Crippen LogP) is 2.65. The van der Waals surface area contributed by atoms with E-state index in [-0.39, 0.29) is 5.91 Å². The lowest BCUT2D eigenvalue weighted by atomic mass is 9.76. The molecule has 1 aromatic carbocycles. The maximum Gasteiger partial charge on any atom is 0.270 e. The van der Waals surface area contributed by atoms with E-state index in [9.17, 15) is 9.59 Å². The minimum absolute atomic E-state index is 0.0652. The van der Waals surface area contributed by atoms with Gasteiger partial charge in [-0.1, -0.05) is 0 Å². The van der Waals surface area contributed by atoms with Gasteiger partial charge in [0.15, 0.2) is 0 Å². The van der Waals surface area contributed by atoms with Crippen LogP contribution in [0.15, 0.2) is 24.3 Å². The van der Waals surface area contributed by atoms with E-state index in [1.807, 2.05) is 29.2 Å². The Hall–Kier alpha value is -2.50. The molecule has 2 bridgehead atoms. The van der Waals surface area contributed by atoms with Gasteiger partial charge in [0.1, 0.15) is 11.4 Å². The molecular formula is C21H25N3O3. The number of nitrogens with one attached hydrogen (secondary N) is 1. The molecule has 2 amide bonds. The van der Waals surface area contributed by atoms with Crippen molar-refractivity contribution in [1.29, 1.82) is 0 Å². The molecule has 0 spiro atoms. The summed E-state index contributed by atoms with van der Waals surface area (Å²) in [6.07, 6.45) is 3.90. The summed E-state index contributed by atoms with van der Waals surface area (Å²) in [5.74, 6) is 1.97. The fraction of sp³-hybridized carbons (Fsp3) is 0.524. The van der Waals surface area contributed by atoms with Gasteiger partial charge in [-0.2, -0.15) is 0 Å². The van der Waals surface area contributed by atoms with Crippen molar-refractivity contribution in [3.05, 3.63) is 30.0 Å². The molecule has 4 heterocycles. The standard InChI is InChI=1S/C21H25N3O3/c1-27-16-5-6-17-14(8-16)9-18(22-17)21(26)23-10-13-7-15(12-23)19-3-2-4-20(25)24(19)11-13/h5-6,8-9,13,15,19,22H,2-4,7,10-12H2,1H3. The molecule has 6 heteroatoms. The highest BCUT2D eigenvalue weighted by Crippen LogP contribution is 2.38. The number of nitrogens with zero attached hydrogens (tertiary/aromatic N) is 2. The van der Waals surface area contributed by atoms with Crippen LogP contribution in [0.5, 0.6) is 5.75 Å². The third kappa shape index (κ3) is 2.78. The van der Waals surface area contributed by atoms with Crippen molar-refractivity contribution in [2.75, 3.05) is 26.7 Å². The number of aromatic nitrogens is 1. The normalized spacial score (nSPS) is 27.6. The van der Waals surface area contributed by atoms with Gasteiger partial charge in [0.25, 0.3) is 5.91 Å². The second-order valence-electron chi connectivity index (χ2n) is 8.21. The number of ether oxygens (including phenoxy) is 1. The van der Waals surface area contributed by atoms with Crippen LogP contribution in [0.4, 0.5) is 0 Å². The monoisotopic (exact) mass is 367 g/mol. The van der Waals surface area contributed by atoms with Gasteiger partial charge in [-0.3, -0.25) is 9.59 Å².